The van der Waals surface area contributed by atoms with Crippen LogP contribution in [-0.2, 0) is 11.3 Å². The average molecular weight is 465 g/mol. The Morgan fingerprint density at radius 3 is 2.67 bits per heavy atom. The fraction of sp³-hybridized carbons (Fsp3) is 0.611. The first-order valence-electron chi connectivity index (χ1n) is 8.35. The van der Waals surface area contributed by atoms with Crippen LogP contribution in [0.3, 0.4) is 0 Å². The fourth-order valence-electron chi connectivity index (χ4n) is 2.24. The molecule has 0 aliphatic rings. The maximum absolute atomic E-state index is 5.07. The minimum Gasteiger partial charge on any atom is -0.385 e. The fourth-order valence-corrected chi connectivity index (χ4v) is 2.94. The Bertz CT molecular complexity index is 483. The topological polar surface area (TPSA) is 45.7 Å². The first-order chi connectivity index (χ1) is 11.2. The normalized spacial score (nSPS) is 11.1. The van der Waals surface area contributed by atoms with Crippen molar-refractivity contribution >= 4 is 41.7 Å². The van der Waals surface area contributed by atoms with E-state index in [1.165, 1.54) is 22.4 Å². The lowest BCUT2D eigenvalue weighted by molar-refractivity contribution is 0.192. The van der Waals surface area contributed by atoms with E-state index in [-0.39, 0.29) is 24.0 Å². The zero-order valence-electron chi connectivity index (χ0n) is 15.4. The summed E-state index contributed by atoms with van der Waals surface area (Å²) in [6.07, 6.45) is 5.54. The number of halogens is 1. The van der Waals surface area contributed by atoms with Crippen molar-refractivity contribution in [2.24, 2.45) is 4.99 Å². The van der Waals surface area contributed by atoms with Gasteiger partial charge in [0, 0.05) is 31.7 Å². The molecule has 0 saturated carbocycles. The Balaban J connectivity index is 0.00000529. The number of guanidine groups is 1. The van der Waals surface area contributed by atoms with Gasteiger partial charge in [0.15, 0.2) is 5.96 Å². The molecule has 1 aromatic carbocycles. The number of aryl methyl sites for hydroxylation is 1. The monoisotopic (exact) mass is 465 g/mol. The van der Waals surface area contributed by atoms with Crippen LogP contribution in [0.2, 0.25) is 0 Å². The molecule has 0 aliphatic heterocycles. The maximum atomic E-state index is 5.07. The van der Waals surface area contributed by atoms with Crippen LogP contribution in [0.15, 0.2) is 28.1 Å². The van der Waals surface area contributed by atoms with Crippen molar-refractivity contribution in [3.8, 4) is 0 Å². The van der Waals surface area contributed by atoms with Gasteiger partial charge in [-0.1, -0.05) is 12.1 Å². The lowest BCUT2D eigenvalue weighted by Gasteiger charge is -2.12. The van der Waals surface area contributed by atoms with Gasteiger partial charge >= 0.3 is 0 Å². The number of nitrogens with one attached hydrogen (secondary N) is 2. The first-order valence-corrected chi connectivity index (χ1v) is 9.58. The Kier molecular flexibility index (Phi) is 14.5. The van der Waals surface area contributed by atoms with Crippen LogP contribution in [0, 0.1) is 6.92 Å². The number of unbranched alkanes of at least 4 members (excludes halogenated alkanes) is 2. The van der Waals surface area contributed by atoms with Gasteiger partial charge in [-0.25, -0.2) is 4.99 Å². The third-order valence-electron chi connectivity index (χ3n) is 3.51. The van der Waals surface area contributed by atoms with E-state index in [0.717, 1.165) is 38.5 Å². The molecule has 0 bridgehead atoms. The molecule has 0 fully saturated rings. The number of ether oxygens (including phenoxy) is 1. The highest BCUT2D eigenvalue weighted by atomic mass is 127. The van der Waals surface area contributed by atoms with Crippen LogP contribution in [0.5, 0.6) is 0 Å². The summed E-state index contributed by atoms with van der Waals surface area (Å²) in [5, 5.41) is 6.72. The Morgan fingerprint density at radius 2 is 2.00 bits per heavy atom. The Labute approximate surface area is 168 Å². The lowest BCUT2D eigenvalue weighted by atomic mass is 10.1. The molecule has 6 heteroatoms. The quantitative estimate of drug-likeness (QED) is 0.179. The number of methoxy groups -OCH3 is 1. The molecule has 0 radical (unpaired) electrons. The minimum absolute atomic E-state index is 0. The molecule has 138 valence electrons. The second-order valence-electron chi connectivity index (χ2n) is 5.49. The van der Waals surface area contributed by atoms with Crippen LogP contribution in [0.4, 0.5) is 0 Å². The van der Waals surface area contributed by atoms with Gasteiger partial charge in [-0.15, -0.1) is 35.7 Å². The molecule has 0 aromatic heterocycles. The van der Waals surface area contributed by atoms with Crippen molar-refractivity contribution in [2.75, 3.05) is 33.1 Å². The molecule has 0 aliphatic carbocycles. The summed E-state index contributed by atoms with van der Waals surface area (Å²) in [7, 11) is 1.75. The van der Waals surface area contributed by atoms with Crippen LogP contribution in [-0.4, -0.2) is 39.0 Å². The van der Waals surface area contributed by atoms with Gasteiger partial charge in [0.25, 0.3) is 0 Å². The molecule has 4 nitrogen and oxygen atoms in total. The van der Waals surface area contributed by atoms with Gasteiger partial charge in [0.1, 0.15) is 0 Å². The van der Waals surface area contributed by atoms with E-state index in [1.807, 2.05) is 0 Å². The van der Waals surface area contributed by atoms with Gasteiger partial charge in [-0.3, -0.25) is 0 Å². The number of rotatable bonds is 10. The highest BCUT2D eigenvalue weighted by Crippen LogP contribution is 2.22. The minimum atomic E-state index is 0. The third-order valence-corrected chi connectivity index (χ3v) is 4.33. The molecular weight excluding hydrogens is 433 g/mol. The first kappa shape index (κ1) is 23.5. The molecule has 0 unspecified atom stereocenters. The smallest absolute Gasteiger partial charge is 0.191 e. The van der Waals surface area contributed by atoms with E-state index in [1.54, 1.807) is 18.9 Å². The van der Waals surface area contributed by atoms with Crippen molar-refractivity contribution < 1.29 is 4.74 Å². The lowest BCUT2D eigenvalue weighted by Crippen LogP contribution is -2.37. The Morgan fingerprint density at radius 1 is 1.21 bits per heavy atom. The molecular formula is C18H32IN3OS. The SMILES string of the molecule is CCNC(=NCc1ccc(C)cc1SC)NCCCCCOC.I. The molecule has 2 N–H and O–H groups in total. The van der Waals surface area contributed by atoms with Gasteiger partial charge in [-0.2, -0.15) is 0 Å². The van der Waals surface area contributed by atoms with E-state index in [0.29, 0.717) is 6.54 Å². The standard InChI is InChI=1S/C18H31N3OS.HI/c1-5-19-18(20-11-7-6-8-12-22-3)21-14-16-10-9-15(2)13-17(16)23-4;/h9-10,13H,5-8,11-12,14H2,1-4H3,(H2,19,20,21);1H. The predicted molar refractivity (Wildman–Crippen MR) is 117 cm³/mol. The molecule has 0 amide bonds. The number of hydrogen-bond acceptors (Lipinski definition) is 3. The molecule has 1 rings (SSSR count). The summed E-state index contributed by atoms with van der Waals surface area (Å²) < 4.78 is 5.07. The van der Waals surface area contributed by atoms with Crippen molar-refractivity contribution in [1.29, 1.82) is 0 Å². The average Bonchev–Trinajstić information content (AvgIpc) is 2.56. The highest BCUT2D eigenvalue weighted by Gasteiger charge is 2.03. The summed E-state index contributed by atoms with van der Waals surface area (Å²) in [4.78, 5) is 6.02. The number of aliphatic imine (C=N–C) groups is 1. The van der Waals surface area contributed by atoms with Gasteiger partial charge in [0.2, 0.25) is 0 Å². The second kappa shape index (κ2) is 14.8. The van der Waals surface area contributed by atoms with Crippen LogP contribution in [0.1, 0.15) is 37.3 Å². The number of benzene rings is 1. The number of hydrogen-bond donors (Lipinski definition) is 2. The molecule has 0 atom stereocenters. The van der Waals surface area contributed by atoms with Crippen LogP contribution in [0.25, 0.3) is 0 Å². The molecule has 24 heavy (non-hydrogen) atoms. The summed E-state index contributed by atoms with van der Waals surface area (Å²) >= 11 is 1.78. The third kappa shape index (κ3) is 9.74. The summed E-state index contributed by atoms with van der Waals surface area (Å²) in [6, 6.07) is 6.56. The molecule has 0 saturated heterocycles. The van der Waals surface area contributed by atoms with Gasteiger partial charge < -0.3 is 15.4 Å². The zero-order chi connectivity index (χ0) is 16.9. The van der Waals surface area contributed by atoms with Crippen molar-refractivity contribution in [3.05, 3.63) is 29.3 Å². The number of thioether (sulfide) groups is 1. The van der Waals surface area contributed by atoms with Crippen molar-refractivity contribution in [2.45, 2.75) is 44.6 Å². The van der Waals surface area contributed by atoms with Crippen molar-refractivity contribution in [3.63, 3.8) is 0 Å². The van der Waals surface area contributed by atoms with E-state index < -0.39 is 0 Å². The summed E-state index contributed by atoms with van der Waals surface area (Å²) in [5.41, 5.74) is 2.57. The zero-order valence-corrected chi connectivity index (χ0v) is 18.5. The van der Waals surface area contributed by atoms with Gasteiger partial charge in [0.05, 0.1) is 6.54 Å². The largest absolute Gasteiger partial charge is 0.385 e. The van der Waals surface area contributed by atoms with E-state index in [9.17, 15) is 0 Å². The number of nitrogens with zero attached hydrogens (tertiary/aromatic N) is 1. The molecule has 0 spiro atoms. The van der Waals surface area contributed by atoms with Gasteiger partial charge in [-0.05, 0) is 56.6 Å². The van der Waals surface area contributed by atoms with E-state index >= 15 is 0 Å². The summed E-state index contributed by atoms with van der Waals surface area (Å²) in [6.45, 7) is 7.59. The van der Waals surface area contributed by atoms with E-state index in [2.05, 4.69) is 48.9 Å². The highest BCUT2D eigenvalue weighted by molar-refractivity contribution is 14.0. The Hall–Kier alpha value is -0.470. The van der Waals surface area contributed by atoms with E-state index in [4.69, 9.17) is 9.73 Å². The summed E-state index contributed by atoms with van der Waals surface area (Å²) in [5.74, 6) is 0.895. The molecule has 0 heterocycles. The predicted octanol–water partition coefficient (Wildman–Crippen LogP) is 4.21. The van der Waals surface area contributed by atoms with Crippen LogP contribution < -0.4 is 10.6 Å². The molecule has 1 aromatic rings. The van der Waals surface area contributed by atoms with Crippen molar-refractivity contribution in [1.82, 2.24) is 10.6 Å². The maximum Gasteiger partial charge on any atom is 0.191 e. The van der Waals surface area contributed by atoms with Crippen LogP contribution >= 0.6 is 35.7 Å². The second-order valence-corrected chi connectivity index (χ2v) is 6.34.